The molecule has 1 amide bonds. The van der Waals surface area contributed by atoms with Crippen molar-refractivity contribution in [1.29, 1.82) is 0 Å². The number of anilines is 1. The third-order valence-electron chi connectivity index (χ3n) is 3.20. The second kappa shape index (κ2) is 8.56. The van der Waals surface area contributed by atoms with Gasteiger partial charge in [-0.15, -0.1) is 0 Å². The molecular formula is C14H26N4O. The number of nitrogens with one attached hydrogen (secondary N) is 1. The SMILES string of the molecule is CCCCCCCCNC(=O)c1c(N)cnn1CC. The monoisotopic (exact) mass is 266 g/mol. The van der Waals surface area contributed by atoms with Crippen molar-refractivity contribution in [2.45, 2.75) is 58.9 Å². The third-order valence-corrected chi connectivity index (χ3v) is 3.20. The fourth-order valence-corrected chi connectivity index (χ4v) is 2.08. The average molecular weight is 266 g/mol. The molecule has 0 aliphatic carbocycles. The molecule has 5 nitrogen and oxygen atoms in total. The van der Waals surface area contributed by atoms with Crippen molar-refractivity contribution in [2.75, 3.05) is 12.3 Å². The first-order chi connectivity index (χ1) is 9.20. The summed E-state index contributed by atoms with van der Waals surface area (Å²) >= 11 is 0. The highest BCUT2D eigenvalue weighted by molar-refractivity contribution is 5.97. The van der Waals surface area contributed by atoms with Gasteiger partial charge in [0, 0.05) is 13.1 Å². The Labute approximate surface area is 115 Å². The smallest absolute Gasteiger partial charge is 0.271 e. The molecule has 1 heterocycles. The summed E-state index contributed by atoms with van der Waals surface area (Å²) in [6.07, 6.45) is 8.83. The molecule has 0 radical (unpaired) electrons. The summed E-state index contributed by atoms with van der Waals surface area (Å²) < 4.78 is 1.63. The molecule has 0 aliphatic heterocycles. The molecule has 0 saturated carbocycles. The summed E-state index contributed by atoms with van der Waals surface area (Å²) in [6, 6.07) is 0. The number of nitrogens with zero attached hydrogens (tertiary/aromatic N) is 2. The van der Waals surface area contributed by atoms with Gasteiger partial charge in [-0.25, -0.2) is 0 Å². The van der Waals surface area contributed by atoms with Gasteiger partial charge >= 0.3 is 0 Å². The Balaban J connectivity index is 2.26. The third kappa shape index (κ3) is 4.93. The van der Waals surface area contributed by atoms with E-state index in [1.807, 2.05) is 6.92 Å². The lowest BCUT2D eigenvalue weighted by Gasteiger charge is -2.07. The van der Waals surface area contributed by atoms with Gasteiger partial charge in [-0.3, -0.25) is 9.48 Å². The number of hydrogen-bond donors (Lipinski definition) is 2. The summed E-state index contributed by atoms with van der Waals surface area (Å²) in [5.74, 6) is -0.120. The van der Waals surface area contributed by atoms with E-state index in [2.05, 4.69) is 17.3 Å². The lowest BCUT2D eigenvalue weighted by molar-refractivity contribution is 0.0943. The molecule has 0 spiro atoms. The minimum absolute atomic E-state index is 0.120. The second-order valence-corrected chi connectivity index (χ2v) is 4.79. The highest BCUT2D eigenvalue weighted by Crippen LogP contribution is 2.10. The summed E-state index contributed by atoms with van der Waals surface area (Å²) in [5.41, 5.74) is 6.69. The number of unbranched alkanes of at least 4 members (excludes halogenated alkanes) is 5. The molecule has 1 aromatic heterocycles. The number of aryl methyl sites for hydroxylation is 1. The van der Waals surface area contributed by atoms with Gasteiger partial charge in [0.25, 0.3) is 5.91 Å². The molecular weight excluding hydrogens is 240 g/mol. The van der Waals surface area contributed by atoms with Crippen molar-refractivity contribution in [3.05, 3.63) is 11.9 Å². The zero-order valence-electron chi connectivity index (χ0n) is 12.1. The minimum Gasteiger partial charge on any atom is -0.396 e. The summed E-state index contributed by atoms with van der Waals surface area (Å²) in [6.45, 7) is 5.51. The quantitative estimate of drug-likeness (QED) is 0.675. The normalized spacial score (nSPS) is 10.6. The van der Waals surface area contributed by atoms with Gasteiger partial charge in [-0.1, -0.05) is 39.0 Å². The van der Waals surface area contributed by atoms with Crippen molar-refractivity contribution in [1.82, 2.24) is 15.1 Å². The van der Waals surface area contributed by atoms with Gasteiger partial charge in [0.1, 0.15) is 5.69 Å². The van der Waals surface area contributed by atoms with E-state index in [4.69, 9.17) is 5.73 Å². The maximum absolute atomic E-state index is 12.0. The van der Waals surface area contributed by atoms with Gasteiger partial charge in [0.15, 0.2) is 0 Å². The topological polar surface area (TPSA) is 72.9 Å². The lowest BCUT2D eigenvalue weighted by atomic mass is 10.1. The van der Waals surface area contributed by atoms with Crippen LogP contribution >= 0.6 is 0 Å². The Bertz CT molecular complexity index is 387. The summed E-state index contributed by atoms with van der Waals surface area (Å²) in [4.78, 5) is 12.0. The van der Waals surface area contributed by atoms with E-state index >= 15 is 0 Å². The highest BCUT2D eigenvalue weighted by Gasteiger charge is 2.15. The minimum atomic E-state index is -0.120. The van der Waals surface area contributed by atoms with Crippen LogP contribution in [0.5, 0.6) is 0 Å². The van der Waals surface area contributed by atoms with Crippen LogP contribution in [0.3, 0.4) is 0 Å². The first kappa shape index (κ1) is 15.5. The van der Waals surface area contributed by atoms with Crippen molar-refractivity contribution < 1.29 is 4.79 Å². The van der Waals surface area contributed by atoms with Crippen molar-refractivity contribution in [2.24, 2.45) is 0 Å². The second-order valence-electron chi connectivity index (χ2n) is 4.79. The number of nitrogen functional groups attached to an aromatic ring is 1. The van der Waals surface area contributed by atoms with E-state index < -0.39 is 0 Å². The zero-order valence-corrected chi connectivity index (χ0v) is 12.1. The molecule has 0 bridgehead atoms. The predicted molar refractivity (Wildman–Crippen MR) is 78.0 cm³/mol. The number of amides is 1. The van der Waals surface area contributed by atoms with E-state index in [-0.39, 0.29) is 5.91 Å². The van der Waals surface area contributed by atoms with Gasteiger partial charge in [0.2, 0.25) is 0 Å². The fourth-order valence-electron chi connectivity index (χ4n) is 2.08. The molecule has 19 heavy (non-hydrogen) atoms. The van der Waals surface area contributed by atoms with Crippen molar-refractivity contribution >= 4 is 11.6 Å². The number of carbonyl (C=O) groups is 1. The van der Waals surface area contributed by atoms with Crippen LogP contribution in [0, 0.1) is 0 Å². The molecule has 0 aromatic carbocycles. The van der Waals surface area contributed by atoms with Crippen LogP contribution in [0.2, 0.25) is 0 Å². The van der Waals surface area contributed by atoms with Gasteiger partial charge < -0.3 is 11.1 Å². The first-order valence-corrected chi connectivity index (χ1v) is 7.30. The molecule has 0 fully saturated rings. The van der Waals surface area contributed by atoms with Crippen LogP contribution in [-0.2, 0) is 6.54 Å². The Kier molecular flexibility index (Phi) is 7.00. The molecule has 1 rings (SSSR count). The molecule has 1 aromatic rings. The number of hydrogen-bond acceptors (Lipinski definition) is 3. The van der Waals surface area contributed by atoms with Crippen LogP contribution in [0.15, 0.2) is 6.20 Å². The van der Waals surface area contributed by atoms with Crippen LogP contribution in [0.1, 0.15) is 62.9 Å². The molecule has 0 unspecified atom stereocenters. The van der Waals surface area contributed by atoms with Crippen LogP contribution in [-0.4, -0.2) is 22.2 Å². The number of carbonyl (C=O) groups excluding carboxylic acids is 1. The summed E-state index contributed by atoms with van der Waals surface area (Å²) in [5, 5.41) is 6.98. The largest absolute Gasteiger partial charge is 0.396 e. The summed E-state index contributed by atoms with van der Waals surface area (Å²) in [7, 11) is 0. The Morgan fingerprint density at radius 3 is 2.63 bits per heavy atom. The molecule has 0 atom stereocenters. The fraction of sp³-hybridized carbons (Fsp3) is 0.714. The highest BCUT2D eigenvalue weighted by atomic mass is 16.2. The lowest BCUT2D eigenvalue weighted by Crippen LogP contribution is -2.27. The Morgan fingerprint density at radius 2 is 1.95 bits per heavy atom. The van der Waals surface area contributed by atoms with Gasteiger partial charge in [-0.05, 0) is 13.3 Å². The van der Waals surface area contributed by atoms with Crippen molar-refractivity contribution in [3.8, 4) is 0 Å². The van der Waals surface area contributed by atoms with Crippen molar-refractivity contribution in [3.63, 3.8) is 0 Å². The first-order valence-electron chi connectivity index (χ1n) is 7.30. The van der Waals surface area contributed by atoms with Crippen LogP contribution in [0.4, 0.5) is 5.69 Å². The van der Waals surface area contributed by atoms with Crippen LogP contribution < -0.4 is 11.1 Å². The zero-order chi connectivity index (χ0) is 14.1. The van der Waals surface area contributed by atoms with Gasteiger partial charge in [-0.2, -0.15) is 5.10 Å². The van der Waals surface area contributed by atoms with E-state index in [1.54, 1.807) is 4.68 Å². The standard InChI is InChI=1S/C14H26N4O/c1-3-5-6-7-8-9-10-16-14(19)13-12(15)11-17-18(13)4-2/h11H,3-10,15H2,1-2H3,(H,16,19). The maximum Gasteiger partial charge on any atom is 0.271 e. The number of nitrogens with two attached hydrogens (primary N) is 1. The number of rotatable bonds is 9. The van der Waals surface area contributed by atoms with E-state index in [9.17, 15) is 4.79 Å². The maximum atomic E-state index is 12.0. The van der Waals surface area contributed by atoms with E-state index in [1.165, 1.54) is 38.3 Å². The average Bonchev–Trinajstić information content (AvgIpc) is 2.78. The number of aromatic nitrogens is 2. The Morgan fingerprint density at radius 1 is 1.26 bits per heavy atom. The molecule has 3 N–H and O–H groups in total. The molecule has 108 valence electrons. The predicted octanol–water partition coefficient (Wildman–Crippen LogP) is 2.58. The van der Waals surface area contributed by atoms with Gasteiger partial charge in [0.05, 0.1) is 11.9 Å². The van der Waals surface area contributed by atoms with E-state index in [0.717, 1.165) is 6.42 Å². The molecule has 0 saturated heterocycles. The molecule has 0 aliphatic rings. The van der Waals surface area contributed by atoms with E-state index in [0.29, 0.717) is 24.5 Å². The Hall–Kier alpha value is -1.52. The van der Waals surface area contributed by atoms with Crippen LogP contribution in [0.25, 0.3) is 0 Å². The molecule has 5 heteroatoms.